The van der Waals surface area contributed by atoms with Crippen LogP contribution < -0.4 is 0 Å². The van der Waals surface area contributed by atoms with Crippen LogP contribution in [0.15, 0.2) is 0 Å². The monoisotopic (exact) mass is 144 g/mol. The maximum atomic E-state index is 5.47. The van der Waals surface area contributed by atoms with Crippen LogP contribution in [0.4, 0.5) is 0 Å². The first kappa shape index (κ1) is 6.58. The summed E-state index contributed by atoms with van der Waals surface area (Å²) in [6.45, 7) is 2.10. The summed E-state index contributed by atoms with van der Waals surface area (Å²) >= 11 is 0. The van der Waals surface area contributed by atoms with Crippen LogP contribution >= 0.6 is 0 Å². The summed E-state index contributed by atoms with van der Waals surface area (Å²) in [5.74, 6) is 0. The highest BCUT2D eigenvalue weighted by Crippen LogP contribution is 2.40. The van der Waals surface area contributed by atoms with Crippen molar-refractivity contribution in [2.45, 2.75) is 37.9 Å². The largest absolute Gasteiger partial charge is 0.361 e. The van der Waals surface area contributed by atoms with Gasteiger partial charge in [-0.2, -0.15) is 0 Å². The lowest BCUT2D eigenvalue weighted by Gasteiger charge is -2.13. The van der Waals surface area contributed by atoms with E-state index in [2.05, 4.69) is 6.92 Å². The van der Waals surface area contributed by atoms with Gasteiger partial charge in [-0.1, -0.05) is 6.92 Å². The zero-order valence-corrected chi connectivity index (χ0v) is 6.24. The quantitative estimate of drug-likeness (QED) is 0.530. The minimum Gasteiger partial charge on any atom is -0.361 e. The molecule has 0 radical (unpaired) electrons. The molecule has 0 spiro atoms. The molecule has 3 heteroatoms. The molecular weight excluding hydrogens is 132 g/mol. The van der Waals surface area contributed by atoms with Crippen molar-refractivity contribution in [2.24, 2.45) is 0 Å². The number of rotatable bonds is 2. The molecule has 2 aliphatic heterocycles. The van der Waals surface area contributed by atoms with Crippen molar-refractivity contribution in [3.8, 4) is 0 Å². The van der Waals surface area contributed by atoms with Crippen molar-refractivity contribution in [1.82, 2.24) is 0 Å². The van der Waals surface area contributed by atoms with Gasteiger partial charge in [0, 0.05) is 7.11 Å². The molecule has 0 aliphatic carbocycles. The lowest BCUT2D eigenvalue weighted by molar-refractivity contribution is -0.158. The fourth-order valence-corrected chi connectivity index (χ4v) is 1.50. The van der Waals surface area contributed by atoms with E-state index in [1.165, 1.54) is 0 Å². The highest BCUT2D eigenvalue weighted by atomic mass is 16.8. The molecular formula is C7H12O3. The summed E-state index contributed by atoms with van der Waals surface area (Å²) in [7, 11) is 1.65. The van der Waals surface area contributed by atoms with Crippen molar-refractivity contribution >= 4 is 0 Å². The third-order valence-electron chi connectivity index (χ3n) is 2.14. The van der Waals surface area contributed by atoms with Crippen LogP contribution in [0.2, 0.25) is 0 Å². The van der Waals surface area contributed by atoms with Gasteiger partial charge >= 0.3 is 0 Å². The van der Waals surface area contributed by atoms with Crippen LogP contribution in [0, 0.1) is 0 Å². The maximum Gasteiger partial charge on any atom is 0.186 e. The zero-order valence-electron chi connectivity index (χ0n) is 6.24. The van der Waals surface area contributed by atoms with Gasteiger partial charge in [-0.25, -0.2) is 0 Å². The van der Waals surface area contributed by atoms with Crippen LogP contribution in [0.25, 0.3) is 0 Å². The van der Waals surface area contributed by atoms with E-state index in [0.29, 0.717) is 6.10 Å². The lowest BCUT2D eigenvalue weighted by Crippen LogP contribution is -2.20. The van der Waals surface area contributed by atoms with E-state index in [4.69, 9.17) is 14.2 Å². The molecule has 2 aliphatic rings. The summed E-state index contributed by atoms with van der Waals surface area (Å²) in [6, 6.07) is 0. The summed E-state index contributed by atoms with van der Waals surface area (Å²) in [5.41, 5.74) is 0. The SMILES string of the molecule is CC[C@@H]1OC(OC)[C@@H]2O[C@H]12. The average Bonchev–Trinajstić information content (AvgIpc) is 2.67. The van der Waals surface area contributed by atoms with Crippen LogP contribution in [-0.4, -0.2) is 31.7 Å². The molecule has 0 aromatic carbocycles. The fourth-order valence-electron chi connectivity index (χ4n) is 1.50. The summed E-state index contributed by atoms with van der Waals surface area (Å²) in [5, 5.41) is 0. The topological polar surface area (TPSA) is 31.0 Å². The Labute approximate surface area is 60.3 Å². The highest BCUT2D eigenvalue weighted by Gasteiger charge is 2.57. The summed E-state index contributed by atoms with van der Waals surface area (Å²) in [6.07, 6.45) is 1.75. The van der Waals surface area contributed by atoms with Gasteiger partial charge in [-0.05, 0) is 6.42 Å². The van der Waals surface area contributed by atoms with Crippen LogP contribution in [0.1, 0.15) is 13.3 Å². The summed E-state index contributed by atoms with van der Waals surface area (Å²) < 4.78 is 15.8. The molecule has 0 N–H and O–H groups in total. The Morgan fingerprint density at radius 1 is 1.30 bits per heavy atom. The molecule has 2 fully saturated rings. The minimum absolute atomic E-state index is 0.102. The Bertz CT molecular complexity index is 123. The van der Waals surface area contributed by atoms with Gasteiger partial charge in [0.05, 0.1) is 6.10 Å². The van der Waals surface area contributed by atoms with Crippen molar-refractivity contribution in [3.05, 3.63) is 0 Å². The van der Waals surface area contributed by atoms with Gasteiger partial charge in [0.2, 0.25) is 0 Å². The molecule has 2 saturated heterocycles. The molecule has 0 aromatic heterocycles. The molecule has 4 atom stereocenters. The van der Waals surface area contributed by atoms with E-state index in [9.17, 15) is 0 Å². The number of hydrogen-bond acceptors (Lipinski definition) is 3. The predicted octanol–water partition coefficient (Wildman–Crippen LogP) is 0.535. The standard InChI is InChI=1S/C7H12O3/c1-3-4-5-6(10-5)7(8-2)9-4/h4-7H,3H2,1-2H3/t4-,5+,6+,7?/m0/s1. The minimum atomic E-state index is -0.102. The molecule has 0 bridgehead atoms. The highest BCUT2D eigenvalue weighted by molar-refractivity contribution is 4.99. The second-order valence-corrected chi connectivity index (χ2v) is 2.75. The van der Waals surface area contributed by atoms with E-state index in [1.54, 1.807) is 7.11 Å². The first-order valence-corrected chi connectivity index (χ1v) is 3.70. The van der Waals surface area contributed by atoms with Gasteiger partial charge in [-0.15, -0.1) is 0 Å². The number of hydrogen-bond donors (Lipinski definition) is 0. The maximum absolute atomic E-state index is 5.47. The first-order valence-electron chi connectivity index (χ1n) is 3.70. The van der Waals surface area contributed by atoms with Gasteiger partial charge in [0.1, 0.15) is 12.2 Å². The number of epoxide rings is 1. The number of methoxy groups -OCH3 is 1. The molecule has 3 nitrogen and oxygen atoms in total. The van der Waals surface area contributed by atoms with E-state index >= 15 is 0 Å². The molecule has 0 saturated carbocycles. The molecule has 10 heavy (non-hydrogen) atoms. The van der Waals surface area contributed by atoms with Gasteiger partial charge in [0.25, 0.3) is 0 Å². The van der Waals surface area contributed by atoms with Gasteiger partial charge in [-0.3, -0.25) is 0 Å². The predicted molar refractivity (Wildman–Crippen MR) is 34.6 cm³/mol. The number of ether oxygens (including phenoxy) is 3. The smallest absolute Gasteiger partial charge is 0.186 e. The lowest BCUT2D eigenvalue weighted by atomic mass is 10.2. The van der Waals surface area contributed by atoms with Gasteiger partial charge < -0.3 is 14.2 Å². The Kier molecular flexibility index (Phi) is 1.44. The van der Waals surface area contributed by atoms with Crippen molar-refractivity contribution < 1.29 is 14.2 Å². The van der Waals surface area contributed by atoms with E-state index in [1.807, 2.05) is 0 Å². The Morgan fingerprint density at radius 3 is 2.50 bits per heavy atom. The zero-order chi connectivity index (χ0) is 7.14. The van der Waals surface area contributed by atoms with E-state index in [-0.39, 0.29) is 18.5 Å². The molecule has 2 rings (SSSR count). The van der Waals surface area contributed by atoms with Crippen LogP contribution in [0.3, 0.4) is 0 Å². The second-order valence-electron chi connectivity index (χ2n) is 2.75. The Morgan fingerprint density at radius 2 is 2.10 bits per heavy atom. The third kappa shape index (κ3) is 0.779. The number of fused-ring (bicyclic) bond motifs is 1. The van der Waals surface area contributed by atoms with Crippen molar-refractivity contribution in [3.63, 3.8) is 0 Å². The van der Waals surface area contributed by atoms with Crippen molar-refractivity contribution in [1.29, 1.82) is 0 Å². The Balaban J connectivity index is 1.95. The second kappa shape index (κ2) is 2.19. The molecule has 1 unspecified atom stereocenters. The molecule has 58 valence electrons. The van der Waals surface area contributed by atoms with E-state index < -0.39 is 0 Å². The first-order chi connectivity index (χ1) is 4.86. The molecule has 0 aromatic rings. The molecule has 0 amide bonds. The fraction of sp³-hybridized carbons (Fsp3) is 1.00. The summed E-state index contributed by atoms with van der Waals surface area (Å²) in [4.78, 5) is 0. The van der Waals surface area contributed by atoms with Gasteiger partial charge in [0.15, 0.2) is 6.29 Å². The molecule has 2 heterocycles. The third-order valence-corrected chi connectivity index (χ3v) is 2.14. The van der Waals surface area contributed by atoms with E-state index in [0.717, 1.165) is 6.42 Å². The Hall–Kier alpha value is -0.120. The average molecular weight is 144 g/mol. The van der Waals surface area contributed by atoms with Crippen molar-refractivity contribution in [2.75, 3.05) is 7.11 Å². The van der Waals surface area contributed by atoms with Crippen LogP contribution in [-0.2, 0) is 14.2 Å². The van der Waals surface area contributed by atoms with Crippen LogP contribution in [0.5, 0.6) is 0 Å². The normalized spacial score (nSPS) is 51.0.